The summed E-state index contributed by atoms with van der Waals surface area (Å²) in [6.07, 6.45) is 0.836. The summed E-state index contributed by atoms with van der Waals surface area (Å²) in [7, 11) is -1.59. The summed E-state index contributed by atoms with van der Waals surface area (Å²) in [6, 6.07) is 7.59. The summed E-state index contributed by atoms with van der Waals surface area (Å²) < 4.78 is 30.1. The highest BCUT2D eigenvalue weighted by Gasteiger charge is 2.27. The second-order valence-corrected chi connectivity index (χ2v) is 6.95. The average Bonchev–Trinajstić information content (AvgIpc) is 2.98. The van der Waals surface area contributed by atoms with Crippen LogP contribution < -0.4 is 10.0 Å². The number of nitrogens with one attached hydrogen (secondary N) is 2. The van der Waals surface area contributed by atoms with Crippen LogP contribution in [0.3, 0.4) is 0 Å². The maximum absolute atomic E-state index is 12.7. The first-order valence-corrected chi connectivity index (χ1v) is 8.26. The summed E-state index contributed by atoms with van der Waals surface area (Å²) in [4.78, 5) is 0.405. The van der Waals surface area contributed by atoms with E-state index in [4.69, 9.17) is 0 Å². The van der Waals surface area contributed by atoms with Gasteiger partial charge in [-0.15, -0.1) is 0 Å². The first kappa shape index (κ1) is 13.6. The molecule has 1 saturated heterocycles. The molecule has 0 saturated carbocycles. The lowest BCUT2D eigenvalue weighted by atomic mass is 10.2. The number of aryl methyl sites for hydroxylation is 1. The fourth-order valence-electron chi connectivity index (χ4n) is 2.86. The van der Waals surface area contributed by atoms with E-state index in [2.05, 4.69) is 10.0 Å². The normalized spacial score (nSPS) is 19.8. The van der Waals surface area contributed by atoms with E-state index >= 15 is 0 Å². The molecular formula is C14H19N3O2S. The van der Waals surface area contributed by atoms with E-state index in [9.17, 15) is 8.42 Å². The van der Waals surface area contributed by atoms with Crippen LogP contribution in [0.15, 0.2) is 29.2 Å². The van der Waals surface area contributed by atoms with Gasteiger partial charge in [0.2, 0.25) is 10.0 Å². The third-order valence-corrected chi connectivity index (χ3v) is 5.69. The second kappa shape index (κ2) is 4.87. The Kier molecular flexibility index (Phi) is 3.32. The van der Waals surface area contributed by atoms with Crippen molar-refractivity contribution in [3.63, 3.8) is 0 Å². The third-order valence-electron chi connectivity index (χ3n) is 3.99. The van der Waals surface area contributed by atoms with Crippen molar-refractivity contribution in [1.82, 2.24) is 14.6 Å². The van der Waals surface area contributed by atoms with E-state index in [0.717, 1.165) is 29.6 Å². The molecule has 0 bridgehead atoms. The standard InChI is InChI=1S/C14H19N3O2S/c1-10-14(12-5-3-4-6-13(12)17(10)2)20(18,19)16-11-7-8-15-9-11/h3-6,11,15-16H,7-9H2,1-2H3. The molecule has 20 heavy (non-hydrogen) atoms. The summed E-state index contributed by atoms with van der Waals surface area (Å²) in [5, 5.41) is 3.95. The smallest absolute Gasteiger partial charge is 0.243 e. The van der Waals surface area contributed by atoms with Gasteiger partial charge in [-0.3, -0.25) is 0 Å². The number of aromatic nitrogens is 1. The summed E-state index contributed by atoms with van der Waals surface area (Å²) in [6.45, 7) is 3.41. The molecule has 6 heteroatoms. The zero-order valence-corrected chi connectivity index (χ0v) is 12.5. The number of nitrogens with zero attached hydrogens (tertiary/aromatic N) is 1. The molecule has 1 atom stereocenters. The molecule has 1 aromatic carbocycles. The topological polar surface area (TPSA) is 63.1 Å². The zero-order valence-electron chi connectivity index (χ0n) is 11.7. The van der Waals surface area contributed by atoms with Gasteiger partial charge < -0.3 is 9.88 Å². The van der Waals surface area contributed by atoms with Crippen molar-refractivity contribution in [1.29, 1.82) is 0 Å². The van der Waals surface area contributed by atoms with Crippen LogP contribution in [0.5, 0.6) is 0 Å². The van der Waals surface area contributed by atoms with Gasteiger partial charge in [-0.1, -0.05) is 18.2 Å². The molecule has 1 fully saturated rings. The molecule has 1 aliphatic heterocycles. The minimum absolute atomic E-state index is 0.0154. The van der Waals surface area contributed by atoms with Gasteiger partial charge in [-0.2, -0.15) is 0 Å². The van der Waals surface area contributed by atoms with Gasteiger partial charge in [0.1, 0.15) is 4.90 Å². The van der Waals surface area contributed by atoms with E-state index in [1.807, 2.05) is 42.8 Å². The summed E-state index contributed by atoms with van der Waals surface area (Å²) >= 11 is 0. The van der Waals surface area contributed by atoms with Gasteiger partial charge in [0, 0.05) is 36.2 Å². The Balaban J connectivity index is 2.11. The molecule has 108 valence electrons. The number of benzene rings is 1. The average molecular weight is 293 g/mol. The van der Waals surface area contributed by atoms with E-state index in [1.165, 1.54) is 0 Å². The molecule has 1 unspecified atom stereocenters. The summed E-state index contributed by atoms with van der Waals surface area (Å²) in [5.41, 5.74) is 1.71. The van der Waals surface area contributed by atoms with Crippen molar-refractivity contribution in [3.8, 4) is 0 Å². The molecule has 1 aromatic heterocycles. The monoisotopic (exact) mass is 293 g/mol. The van der Waals surface area contributed by atoms with Crippen LogP contribution in [-0.2, 0) is 17.1 Å². The van der Waals surface area contributed by atoms with Crippen molar-refractivity contribution in [2.75, 3.05) is 13.1 Å². The lowest BCUT2D eigenvalue weighted by Gasteiger charge is -2.12. The van der Waals surface area contributed by atoms with Crippen LogP contribution in [0.1, 0.15) is 12.1 Å². The quantitative estimate of drug-likeness (QED) is 0.891. The highest BCUT2D eigenvalue weighted by Crippen LogP contribution is 2.28. The van der Waals surface area contributed by atoms with E-state index in [1.54, 1.807) is 0 Å². The number of sulfonamides is 1. The van der Waals surface area contributed by atoms with Crippen molar-refractivity contribution in [2.45, 2.75) is 24.3 Å². The van der Waals surface area contributed by atoms with Crippen molar-refractivity contribution in [2.24, 2.45) is 7.05 Å². The number of rotatable bonds is 3. The number of hydrogen-bond acceptors (Lipinski definition) is 3. The molecule has 3 rings (SSSR count). The van der Waals surface area contributed by atoms with E-state index < -0.39 is 10.0 Å². The van der Waals surface area contributed by atoms with Gasteiger partial charge in [-0.05, 0) is 26.0 Å². The first-order chi connectivity index (χ1) is 9.50. The molecule has 0 amide bonds. The maximum atomic E-state index is 12.7. The van der Waals surface area contributed by atoms with Crippen LogP contribution in [-0.4, -0.2) is 32.1 Å². The Labute approximate surface area is 119 Å². The fraction of sp³-hybridized carbons (Fsp3) is 0.429. The first-order valence-electron chi connectivity index (χ1n) is 6.78. The molecule has 0 aliphatic carbocycles. The lowest BCUT2D eigenvalue weighted by molar-refractivity contribution is 0.560. The predicted molar refractivity (Wildman–Crippen MR) is 79.3 cm³/mol. The Hall–Kier alpha value is -1.37. The maximum Gasteiger partial charge on any atom is 0.243 e. The van der Waals surface area contributed by atoms with E-state index in [0.29, 0.717) is 11.4 Å². The Morgan fingerprint density at radius 2 is 2.10 bits per heavy atom. The predicted octanol–water partition coefficient (Wildman–Crippen LogP) is 1.13. The van der Waals surface area contributed by atoms with Gasteiger partial charge in [0.05, 0.1) is 0 Å². The number of hydrogen-bond donors (Lipinski definition) is 2. The fourth-order valence-corrected chi connectivity index (χ4v) is 4.60. The highest BCUT2D eigenvalue weighted by atomic mass is 32.2. The molecule has 5 nitrogen and oxygen atoms in total. The molecule has 0 spiro atoms. The van der Waals surface area contributed by atoms with E-state index in [-0.39, 0.29) is 6.04 Å². The lowest BCUT2D eigenvalue weighted by Crippen LogP contribution is -2.36. The molecular weight excluding hydrogens is 274 g/mol. The molecule has 2 aromatic rings. The van der Waals surface area contributed by atoms with Crippen molar-refractivity contribution in [3.05, 3.63) is 30.0 Å². The summed E-state index contributed by atoms with van der Waals surface area (Å²) in [5.74, 6) is 0. The third kappa shape index (κ3) is 2.13. The van der Waals surface area contributed by atoms with Gasteiger partial charge in [0.15, 0.2) is 0 Å². The minimum atomic E-state index is -3.49. The molecule has 2 heterocycles. The zero-order chi connectivity index (χ0) is 14.3. The molecule has 2 N–H and O–H groups in total. The number of fused-ring (bicyclic) bond motifs is 1. The van der Waals surface area contributed by atoms with Gasteiger partial charge in [-0.25, -0.2) is 13.1 Å². The van der Waals surface area contributed by atoms with Crippen LogP contribution in [0.4, 0.5) is 0 Å². The van der Waals surface area contributed by atoms with Crippen LogP contribution >= 0.6 is 0 Å². The Morgan fingerprint density at radius 3 is 2.80 bits per heavy atom. The number of para-hydroxylation sites is 1. The second-order valence-electron chi connectivity index (χ2n) is 5.30. The van der Waals surface area contributed by atoms with Gasteiger partial charge in [0.25, 0.3) is 0 Å². The molecule has 1 aliphatic rings. The SMILES string of the molecule is Cc1c(S(=O)(=O)NC2CCNC2)c2ccccc2n1C. The Bertz CT molecular complexity index is 743. The Morgan fingerprint density at radius 1 is 1.35 bits per heavy atom. The van der Waals surface area contributed by atoms with Gasteiger partial charge >= 0.3 is 0 Å². The van der Waals surface area contributed by atoms with Crippen molar-refractivity contribution >= 4 is 20.9 Å². The van der Waals surface area contributed by atoms with Crippen LogP contribution in [0.2, 0.25) is 0 Å². The van der Waals surface area contributed by atoms with Crippen LogP contribution in [0.25, 0.3) is 10.9 Å². The highest BCUT2D eigenvalue weighted by molar-refractivity contribution is 7.89. The largest absolute Gasteiger partial charge is 0.347 e. The minimum Gasteiger partial charge on any atom is -0.347 e. The molecule has 0 radical (unpaired) electrons. The van der Waals surface area contributed by atoms with Crippen LogP contribution in [0, 0.1) is 6.92 Å². The van der Waals surface area contributed by atoms with Crippen molar-refractivity contribution < 1.29 is 8.42 Å².